The molecule has 1 heterocycles. The predicted molar refractivity (Wildman–Crippen MR) is 86.3 cm³/mol. The summed E-state index contributed by atoms with van der Waals surface area (Å²) in [7, 11) is 2.38. The minimum absolute atomic E-state index is 0.0730. The molecule has 0 saturated heterocycles. The molecule has 1 aromatic carbocycles. The van der Waals surface area contributed by atoms with Crippen LogP contribution in [-0.4, -0.2) is 47.0 Å². The molecule has 130 valence electrons. The number of ether oxygens (including phenoxy) is 2. The summed E-state index contributed by atoms with van der Waals surface area (Å²) in [5.41, 5.74) is 0.968. The number of aromatic nitrogens is 2. The molecular formula is C16H15N3O6. The van der Waals surface area contributed by atoms with E-state index < -0.39 is 17.9 Å². The van der Waals surface area contributed by atoms with Crippen LogP contribution in [0.4, 0.5) is 5.69 Å². The van der Waals surface area contributed by atoms with Crippen LogP contribution >= 0.6 is 0 Å². The number of aromatic carboxylic acids is 1. The number of carbonyl (C=O) groups is 3. The molecule has 0 spiro atoms. The Hall–Kier alpha value is -3.62. The second-order valence-corrected chi connectivity index (χ2v) is 4.70. The lowest BCUT2D eigenvalue weighted by molar-refractivity contribution is -0.138. The molecule has 0 aliphatic rings. The highest BCUT2D eigenvalue weighted by Gasteiger charge is 2.13. The van der Waals surface area contributed by atoms with Gasteiger partial charge in [0.2, 0.25) is 0 Å². The Morgan fingerprint density at radius 2 is 1.80 bits per heavy atom. The summed E-state index contributed by atoms with van der Waals surface area (Å²) in [6, 6.07) is 7.96. The van der Waals surface area contributed by atoms with Gasteiger partial charge in [-0.3, -0.25) is 0 Å². The molecule has 0 aliphatic carbocycles. The van der Waals surface area contributed by atoms with Crippen molar-refractivity contribution in [3.63, 3.8) is 0 Å². The van der Waals surface area contributed by atoms with E-state index in [1.807, 2.05) is 0 Å². The number of nitrogens with one attached hydrogen (secondary N) is 1. The Morgan fingerprint density at radius 1 is 1.12 bits per heavy atom. The van der Waals surface area contributed by atoms with Crippen LogP contribution in [0.5, 0.6) is 0 Å². The Morgan fingerprint density at radius 3 is 2.32 bits per heavy atom. The van der Waals surface area contributed by atoms with Gasteiger partial charge >= 0.3 is 17.9 Å². The van der Waals surface area contributed by atoms with E-state index in [0.717, 1.165) is 6.08 Å². The highest BCUT2D eigenvalue weighted by Crippen LogP contribution is 2.15. The van der Waals surface area contributed by atoms with Crippen molar-refractivity contribution in [1.29, 1.82) is 0 Å². The average Bonchev–Trinajstić information content (AvgIpc) is 3.11. The number of esters is 2. The van der Waals surface area contributed by atoms with E-state index >= 15 is 0 Å². The van der Waals surface area contributed by atoms with Gasteiger partial charge in [-0.2, -0.15) is 5.10 Å². The first-order chi connectivity index (χ1) is 11.9. The van der Waals surface area contributed by atoms with Crippen LogP contribution in [-0.2, 0) is 19.1 Å². The monoisotopic (exact) mass is 345 g/mol. The lowest BCUT2D eigenvalue weighted by Crippen LogP contribution is -2.15. The number of carboxylic acids is 1. The van der Waals surface area contributed by atoms with E-state index in [1.165, 1.54) is 31.2 Å². The highest BCUT2D eigenvalue weighted by atomic mass is 16.5. The first kappa shape index (κ1) is 17.7. The Bertz CT molecular complexity index is 823. The molecule has 0 radical (unpaired) electrons. The number of hydrogen-bond acceptors (Lipinski definition) is 7. The molecule has 0 bridgehead atoms. The molecule has 0 fully saturated rings. The highest BCUT2D eigenvalue weighted by molar-refractivity contribution is 5.98. The number of anilines is 1. The van der Waals surface area contributed by atoms with E-state index in [1.54, 1.807) is 24.3 Å². The first-order valence-corrected chi connectivity index (χ1v) is 6.99. The number of carbonyl (C=O) groups excluding carboxylic acids is 2. The van der Waals surface area contributed by atoms with E-state index in [9.17, 15) is 14.4 Å². The van der Waals surface area contributed by atoms with Crippen LogP contribution in [0.1, 0.15) is 10.5 Å². The second kappa shape index (κ2) is 7.77. The number of rotatable bonds is 6. The largest absolute Gasteiger partial charge is 0.476 e. The van der Waals surface area contributed by atoms with Crippen LogP contribution < -0.4 is 5.32 Å². The zero-order valence-electron chi connectivity index (χ0n) is 13.4. The zero-order valence-corrected chi connectivity index (χ0v) is 13.4. The molecule has 0 saturated carbocycles. The predicted octanol–water partition coefficient (Wildman–Crippen LogP) is 1.21. The minimum atomic E-state index is -1.12. The Balaban J connectivity index is 2.20. The zero-order chi connectivity index (χ0) is 18.4. The van der Waals surface area contributed by atoms with Crippen molar-refractivity contribution in [2.24, 2.45) is 0 Å². The van der Waals surface area contributed by atoms with Crippen LogP contribution in [0.2, 0.25) is 0 Å². The van der Waals surface area contributed by atoms with Gasteiger partial charge in [-0.05, 0) is 30.3 Å². The van der Waals surface area contributed by atoms with Gasteiger partial charge in [0.25, 0.3) is 0 Å². The van der Waals surface area contributed by atoms with E-state index in [-0.39, 0.29) is 11.4 Å². The fourth-order valence-corrected chi connectivity index (χ4v) is 1.87. The van der Waals surface area contributed by atoms with Crippen LogP contribution in [0, 0.1) is 0 Å². The maximum Gasteiger partial charge on any atom is 0.356 e. The molecule has 0 unspecified atom stereocenters. The summed E-state index contributed by atoms with van der Waals surface area (Å²) in [4.78, 5) is 33.9. The lowest BCUT2D eigenvalue weighted by atomic mass is 10.2. The molecule has 9 nitrogen and oxygen atoms in total. The average molecular weight is 345 g/mol. The Labute approximate surface area is 142 Å². The van der Waals surface area contributed by atoms with Crippen molar-refractivity contribution in [1.82, 2.24) is 9.78 Å². The first-order valence-electron chi connectivity index (χ1n) is 6.99. The number of hydrogen-bond donors (Lipinski definition) is 2. The molecule has 0 aliphatic heterocycles. The van der Waals surface area contributed by atoms with Crippen molar-refractivity contribution < 1.29 is 29.0 Å². The molecule has 2 N–H and O–H groups in total. The maximum absolute atomic E-state index is 11.7. The third-order valence-electron chi connectivity index (χ3n) is 3.09. The second-order valence-electron chi connectivity index (χ2n) is 4.70. The van der Waals surface area contributed by atoms with Gasteiger partial charge in [-0.1, -0.05) is 0 Å². The molecule has 2 aromatic rings. The smallest absolute Gasteiger partial charge is 0.356 e. The fourth-order valence-electron chi connectivity index (χ4n) is 1.87. The molecule has 2 rings (SSSR count). The summed E-state index contributed by atoms with van der Waals surface area (Å²) in [5, 5.41) is 15.6. The van der Waals surface area contributed by atoms with E-state index in [0.29, 0.717) is 11.4 Å². The summed E-state index contributed by atoms with van der Waals surface area (Å²) in [5.74, 6) is -2.55. The number of nitrogens with zero attached hydrogens (tertiary/aromatic N) is 2. The van der Waals surface area contributed by atoms with Crippen LogP contribution in [0.3, 0.4) is 0 Å². The number of benzene rings is 1. The number of methoxy groups -OCH3 is 2. The fraction of sp³-hybridized carbons (Fsp3) is 0.125. The van der Waals surface area contributed by atoms with Crippen LogP contribution in [0.15, 0.2) is 48.3 Å². The van der Waals surface area contributed by atoms with Crippen molar-refractivity contribution in [2.45, 2.75) is 0 Å². The van der Waals surface area contributed by atoms with E-state index in [2.05, 4.69) is 19.9 Å². The van der Waals surface area contributed by atoms with Crippen molar-refractivity contribution in [3.05, 3.63) is 54.0 Å². The van der Waals surface area contributed by atoms with Gasteiger partial charge in [0.15, 0.2) is 5.69 Å². The standard InChI is InChI=1S/C16H15N3O6/c1-24-14(20)9-13(16(23)25-2)17-10-3-5-11(6-4-10)19-8-7-12(18-19)15(21)22/h3-9,17H,1-2H3,(H,21,22)/b13-9+. The van der Waals surface area contributed by atoms with Crippen molar-refractivity contribution in [2.75, 3.05) is 19.5 Å². The molecule has 0 amide bonds. The minimum Gasteiger partial charge on any atom is -0.476 e. The third-order valence-corrected chi connectivity index (χ3v) is 3.09. The van der Waals surface area contributed by atoms with Gasteiger partial charge in [-0.15, -0.1) is 0 Å². The molecule has 25 heavy (non-hydrogen) atoms. The maximum atomic E-state index is 11.7. The normalized spacial score (nSPS) is 10.9. The number of carboxylic acid groups (broad SMARTS) is 1. The Kier molecular flexibility index (Phi) is 5.51. The van der Waals surface area contributed by atoms with Gasteiger partial charge in [0, 0.05) is 11.9 Å². The lowest BCUT2D eigenvalue weighted by Gasteiger charge is -2.10. The van der Waals surface area contributed by atoms with Crippen molar-refractivity contribution in [3.8, 4) is 5.69 Å². The topological polar surface area (TPSA) is 120 Å². The molecular weight excluding hydrogens is 330 g/mol. The molecule has 9 heteroatoms. The SMILES string of the molecule is COC(=O)/C=C(/Nc1ccc(-n2ccc(C(=O)O)n2)cc1)C(=O)OC. The summed E-state index contributed by atoms with van der Waals surface area (Å²) < 4.78 is 10.5. The van der Waals surface area contributed by atoms with Gasteiger partial charge in [0.1, 0.15) is 5.70 Å². The van der Waals surface area contributed by atoms with Gasteiger partial charge in [0.05, 0.1) is 26.0 Å². The summed E-state index contributed by atoms with van der Waals surface area (Å²) in [6.07, 6.45) is 2.50. The summed E-state index contributed by atoms with van der Waals surface area (Å²) >= 11 is 0. The van der Waals surface area contributed by atoms with Gasteiger partial charge < -0.3 is 19.9 Å². The van der Waals surface area contributed by atoms with Gasteiger partial charge in [-0.25, -0.2) is 19.1 Å². The van der Waals surface area contributed by atoms with Crippen molar-refractivity contribution >= 4 is 23.6 Å². The third kappa shape index (κ3) is 4.44. The van der Waals surface area contributed by atoms with E-state index in [4.69, 9.17) is 5.11 Å². The molecule has 0 atom stereocenters. The quantitative estimate of drug-likeness (QED) is 0.592. The summed E-state index contributed by atoms with van der Waals surface area (Å²) in [6.45, 7) is 0. The van der Waals surface area contributed by atoms with Crippen LogP contribution in [0.25, 0.3) is 5.69 Å². The molecule has 1 aromatic heterocycles.